The summed E-state index contributed by atoms with van der Waals surface area (Å²) in [6.07, 6.45) is 2.16. The molecular formula is C16H10F5N3. The molecule has 0 atom stereocenters. The van der Waals surface area contributed by atoms with Crippen LogP contribution in [0.1, 0.15) is 29.7 Å². The highest BCUT2D eigenvalue weighted by atomic mass is 19.2. The van der Waals surface area contributed by atoms with E-state index in [-0.39, 0.29) is 16.9 Å². The third-order valence-electron chi connectivity index (χ3n) is 4.07. The third-order valence-corrected chi connectivity index (χ3v) is 4.07. The van der Waals surface area contributed by atoms with E-state index in [0.29, 0.717) is 30.5 Å². The summed E-state index contributed by atoms with van der Waals surface area (Å²) >= 11 is 0. The first-order valence-corrected chi connectivity index (χ1v) is 7.11. The SMILES string of the molecule is N#Cc1c(N)nc2c(c1-c1c(F)c(F)c(F)c(F)c1F)CCCC2. The fourth-order valence-electron chi connectivity index (χ4n) is 2.98. The van der Waals surface area contributed by atoms with Crippen LogP contribution in [0.2, 0.25) is 0 Å². The molecule has 3 rings (SSSR count). The molecule has 0 radical (unpaired) electrons. The second-order valence-corrected chi connectivity index (χ2v) is 5.44. The molecule has 3 nitrogen and oxygen atoms in total. The van der Waals surface area contributed by atoms with Crippen LogP contribution in [-0.4, -0.2) is 4.98 Å². The number of nitrogens with zero attached hydrogens (tertiary/aromatic N) is 2. The topological polar surface area (TPSA) is 62.7 Å². The fourth-order valence-corrected chi connectivity index (χ4v) is 2.98. The van der Waals surface area contributed by atoms with Gasteiger partial charge in [0, 0.05) is 11.3 Å². The van der Waals surface area contributed by atoms with E-state index in [1.54, 1.807) is 6.07 Å². The number of hydrogen-bond donors (Lipinski definition) is 1. The Balaban J connectivity index is 2.48. The average Bonchev–Trinajstić information content (AvgIpc) is 2.58. The van der Waals surface area contributed by atoms with Crippen LogP contribution < -0.4 is 5.73 Å². The number of fused-ring (bicyclic) bond motifs is 1. The Kier molecular flexibility index (Phi) is 3.87. The van der Waals surface area contributed by atoms with Crippen LogP contribution in [0.3, 0.4) is 0 Å². The monoisotopic (exact) mass is 339 g/mol. The summed E-state index contributed by atoms with van der Waals surface area (Å²) in [6, 6.07) is 1.66. The molecule has 0 unspecified atom stereocenters. The van der Waals surface area contributed by atoms with Crippen LogP contribution in [0.25, 0.3) is 11.1 Å². The number of nitriles is 1. The Morgan fingerprint density at radius 2 is 1.38 bits per heavy atom. The third kappa shape index (κ3) is 2.19. The van der Waals surface area contributed by atoms with E-state index in [1.165, 1.54) is 0 Å². The van der Waals surface area contributed by atoms with Crippen molar-refractivity contribution in [2.75, 3.05) is 5.73 Å². The average molecular weight is 339 g/mol. The lowest BCUT2D eigenvalue weighted by Gasteiger charge is -2.21. The van der Waals surface area contributed by atoms with Gasteiger partial charge in [-0.1, -0.05) is 0 Å². The molecule has 1 aliphatic carbocycles. The van der Waals surface area contributed by atoms with E-state index < -0.39 is 34.6 Å². The number of rotatable bonds is 1. The van der Waals surface area contributed by atoms with Crippen molar-refractivity contribution in [2.24, 2.45) is 0 Å². The molecule has 0 saturated carbocycles. The minimum atomic E-state index is -2.25. The predicted octanol–water partition coefficient (Wildman–Crippen LogP) is 3.78. The molecule has 24 heavy (non-hydrogen) atoms. The molecule has 1 heterocycles. The summed E-state index contributed by atoms with van der Waals surface area (Å²) < 4.78 is 68.8. The van der Waals surface area contributed by atoms with Crippen LogP contribution in [0.5, 0.6) is 0 Å². The number of benzene rings is 1. The summed E-state index contributed by atoms with van der Waals surface area (Å²) in [7, 11) is 0. The van der Waals surface area contributed by atoms with Crippen molar-refractivity contribution < 1.29 is 22.0 Å². The molecule has 0 amide bonds. The number of nitrogen functional groups attached to an aromatic ring is 1. The van der Waals surface area contributed by atoms with Gasteiger partial charge in [-0.25, -0.2) is 26.9 Å². The van der Waals surface area contributed by atoms with Crippen molar-refractivity contribution >= 4 is 5.82 Å². The van der Waals surface area contributed by atoms with Crippen LogP contribution in [0.4, 0.5) is 27.8 Å². The molecule has 1 aromatic carbocycles. The van der Waals surface area contributed by atoms with E-state index >= 15 is 0 Å². The van der Waals surface area contributed by atoms with E-state index in [0.717, 1.165) is 6.42 Å². The van der Waals surface area contributed by atoms with Crippen molar-refractivity contribution in [3.63, 3.8) is 0 Å². The summed E-state index contributed by atoms with van der Waals surface area (Å²) in [6.45, 7) is 0. The zero-order chi connectivity index (χ0) is 17.6. The summed E-state index contributed by atoms with van der Waals surface area (Å²) in [4.78, 5) is 4.04. The van der Waals surface area contributed by atoms with Crippen molar-refractivity contribution in [3.8, 4) is 17.2 Å². The molecule has 0 fully saturated rings. The van der Waals surface area contributed by atoms with E-state index in [9.17, 15) is 27.2 Å². The Morgan fingerprint density at radius 1 is 0.833 bits per heavy atom. The lowest BCUT2D eigenvalue weighted by molar-refractivity contribution is 0.381. The molecule has 1 aliphatic rings. The number of aromatic nitrogens is 1. The predicted molar refractivity (Wildman–Crippen MR) is 75.2 cm³/mol. The number of halogens is 5. The van der Waals surface area contributed by atoms with Gasteiger partial charge in [0.15, 0.2) is 23.3 Å². The molecule has 124 valence electrons. The highest BCUT2D eigenvalue weighted by molar-refractivity contribution is 5.80. The quantitative estimate of drug-likeness (QED) is 0.489. The van der Waals surface area contributed by atoms with Gasteiger partial charge in [0.05, 0.1) is 5.56 Å². The van der Waals surface area contributed by atoms with Crippen molar-refractivity contribution in [1.82, 2.24) is 4.98 Å². The minimum absolute atomic E-state index is 0.294. The zero-order valence-corrected chi connectivity index (χ0v) is 12.2. The molecule has 0 spiro atoms. The second kappa shape index (κ2) is 5.74. The normalized spacial score (nSPS) is 13.5. The molecule has 1 aromatic heterocycles. The Labute approximate surface area is 133 Å². The lowest BCUT2D eigenvalue weighted by Crippen LogP contribution is -2.14. The first-order chi connectivity index (χ1) is 11.4. The molecule has 0 aliphatic heterocycles. The van der Waals surface area contributed by atoms with Gasteiger partial charge >= 0.3 is 0 Å². The number of nitrogens with two attached hydrogens (primary N) is 1. The van der Waals surface area contributed by atoms with Crippen molar-refractivity contribution in [1.29, 1.82) is 5.26 Å². The number of hydrogen-bond acceptors (Lipinski definition) is 3. The lowest BCUT2D eigenvalue weighted by atomic mass is 9.86. The van der Waals surface area contributed by atoms with Crippen molar-refractivity contribution in [3.05, 3.63) is 45.9 Å². The molecule has 2 aromatic rings. The molecular weight excluding hydrogens is 329 g/mol. The van der Waals surface area contributed by atoms with Crippen LogP contribution >= 0.6 is 0 Å². The maximum atomic E-state index is 14.2. The molecule has 0 bridgehead atoms. The van der Waals surface area contributed by atoms with Gasteiger partial charge in [-0.3, -0.25) is 0 Å². The standard InChI is InChI=1S/C16H10F5N3/c17-11-10(12(18)14(20)15(21)13(11)19)9-6-3-1-2-4-8(6)24-16(23)7(9)5-22/h1-4H2,(H2,23,24). The van der Waals surface area contributed by atoms with Crippen LogP contribution in [-0.2, 0) is 12.8 Å². The minimum Gasteiger partial charge on any atom is -0.383 e. The van der Waals surface area contributed by atoms with Gasteiger partial charge < -0.3 is 5.73 Å². The van der Waals surface area contributed by atoms with E-state index in [1.807, 2.05) is 0 Å². The first kappa shape index (κ1) is 16.2. The van der Waals surface area contributed by atoms with Gasteiger partial charge in [-0.2, -0.15) is 5.26 Å². The number of aryl methyl sites for hydroxylation is 1. The first-order valence-electron chi connectivity index (χ1n) is 7.11. The van der Waals surface area contributed by atoms with E-state index in [2.05, 4.69) is 4.98 Å². The van der Waals surface area contributed by atoms with E-state index in [4.69, 9.17) is 5.73 Å². The Bertz CT molecular complexity index is 873. The maximum absolute atomic E-state index is 14.2. The van der Waals surface area contributed by atoms with Gasteiger partial charge in [-0.05, 0) is 31.2 Å². The van der Waals surface area contributed by atoms with Gasteiger partial charge in [-0.15, -0.1) is 0 Å². The van der Waals surface area contributed by atoms with Gasteiger partial charge in [0.1, 0.15) is 17.5 Å². The Morgan fingerprint density at radius 3 is 1.96 bits per heavy atom. The molecule has 2 N–H and O–H groups in total. The summed E-state index contributed by atoms with van der Waals surface area (Å²) in [5.41, 5.74) is 4.50. The maximum Gasteiger partial charge on any atom is 0.200 e. The highest BCUT2D eigenvalue weighted by Gasteiger charge is 2.31. The fraction of sp³-hybridized carbons (Fsp3) is 0.250. The Hall–Kier alpha value is -2.69. The van der Waals surface area contributed by atoms with Crippen LogP contribution in [0, 0.1) is 40.4 Å². The van der Waals surface area contributed by atoms with Crippen molar-refractivity contribution in [2.45, 2.75) is 25.7 Å². The molecule has 0 saturated heterocycles. The number of pyridine rings is 1. The smallest absolute Gasteiger partial charge is 0.200 e. The molecule has 8 heteroatoms. The summed E-state index contributed by atoms with van der Waals surface area (Å²) in [5.74, 6) is -10.6. The zero-order valence-electron chi connectivity index (χ0n) is 12.2. The second-order valence-electron chi connectivity index (χ2n) is 5.44. The van der Waals surface area contributed by atoms with Gasteiger partial charge in [0.25, 0.3) is 0 Å². The number of anilines is 1. The largest absolute Gasteiger partial charge is 0.383 e. The van der Waals surface area contributed by atoms with Gasteiger partial charge in [0.2, 0.25) is 5.82 Å². The summed E-state index contributed by atoms with van der Waals surface area (Å²) in [5, 5.41) is 9.26. The highest BCUT2D eigenvalue weighted by Crippen LogP contribution is 2.40. The van der Waals surface area contributed by atoms with Crippen LogP contribution in [0.15, 0.2) is 0 Å².